The van der Waals surface area contributed by atoms with E-state index in [-0.39, 0.29) is 11.4 Å². The highest BCUT2D eigenvalue weighted by Crippen LogP contribution is 2.21. The Labute approximate surface area is 72.5 Å². The topological polar surface area (TPSA) is 64.3 Å². The van der Waals surface area contributed by atoms with Gasteiger partial charge in [0.1, 0.15) is 0 Å². The van der Waals surface area contributed by atoms with Crippen molar-refractivity contribution in [2.75, 3.05) is 20.3 Å². The fourth-order valence-electron chi connectivity index (χ4n) is 1.61. The smallest absolute Gasteiger partial charge is 0.219 e. The van der Waals surface area contributed by atoms with Crippen molar-refractivity contribution in [3.8, 4) is 0 Å². The number of nitrogens with one attached hydrogen (secondary N) is 1. The van der Waals surface area contributed by atoms with E-state index < -0.39 is 0 Å². The van der Waals surface area contributed by atoms with E-state index in [1.54, 1.807) is 0 Å². The normalized spacial score (nSPS) is 30.1. The van der Waals surface area contributed by atoms with Crippen molar-refractivity contribution in [3.05, 3.63) is 0 Å². The Morgan fingerprint density at radius 3 is 2.92 bits per heavy atom. The van der Waals surface area contributed by atoms with Crippen molar-refractivity contribution >= 4 is 5.91 Å². The third-order valence-electron chi connectivity index (χ3n) is 2.37. The first-order chi connectivity index (χ1) is 5.68. The molecule has 3 N–H and O–H groups in total. The molecule has 1 aliphatic heterocycles. The standard InChI is InChI=1S/C8H16N2O2/c1-10-8(5-7(9)11)3-2-4-12-6-8/h10H,2-6H2,1H3,(H2,9,11). The summed E-state index contributed by atoms with van der Waals surface area (Å²) in [6.07, 6.45) is 2.32. The maximum atomic E-state index is 10.8. The van der Waals surface area contributed by atoms with Crippen LogP contribution in [0.2, 0.25) is 0 Å². The second-order valence-corrected chi connectivity index (χ2v) is 3.33. The average molecular weight is 172 g/mol. The fraction of sp³-hybridized carbons (Fsp3) is 0.875. The number of nitrogens with two attached hydrogens (primary N) is 1. The van der Waals surface area contributed by atoms with Gasteiger partial charge in [-0.1, -0.05) is 0 Å². The molecule has 1 heterocycles. The summed E-state index contributed by atoms with van der Waals surface area (Å²) in [6.45, 7) is 1.38. The lowest BCUT2D eigenvalue weighted by molar-refractivity contribution is -0.121. The molecule has 0 aliphatic carbocycles. The van der Waals surface area contributed by atoms with Crippen LogP contribution in [0.3, 0.4) is 0 Å². The van der Waals surface area contributed by atoms with Crippen LogP contribution in [0.1, 0.15) is 19.3 Å². The van der Waals surface area contributed by atoms with Crippen molar-refractivity contribution in [3.63, 3.8) is 0 Å². The number of amides is 1. The summed E-state index contributed by atoms with van der Waals surface area (Å²) in [4.78, 5) is 10.8. The Balaban J connectivity index is 2.53. The Morgan fingerprint density at radius 2 is 2.50 bits per heavy atom. The highest BCUT2D eigenvalue weighted by atomic mass is 16.5. The summed E-state index contributed by atoms with van der Waals surface area (Å²) in [5, 5.41) is 3.12. The molecule has 1 fully saturated rings. The number of hydrogen-bond acceptors (Lipinski definition) is 3. The number of carbonyl (C=O) groups excluding carboxylic acids is 1. The molecule has 0 spiro atoms. The fourth-order valence-corrected chi connectivity index (χ4v) is 1.61. The first-order valence-corrected chi connectivity index (χ1v) is 4.23. The van der Waals surface area contributed by atoms with E-state index >= 15 is 0 Å². The van der Waals surface area contributed by atoms with Gasteiger partial charge in [-0.25, -0.2) is 0 Å². The van der Waals surface area contributed by atoms with E-state index in [2.05, 4.69) is 5.32 Å². The van der Waals surface area contributed by atoms with Gasteiger partial charge in [-0.2, -0.15) is 0 Å². The molecule has 1 rings (SSSR count). The van der Waals surface area contributed by atoms with Crippen molar-refractivity contribution in [2.24, 2.45) is 5.73 Å². The molecule has 0 bridgehead atoms. The Bertz CT molecular complexity index is 164. The Morgan fingerprint density at radius 1 is 1.75 bits per heavy atom. The molecule has 4 heteroatoms. The van der Waals surface area contributed by atoms with E-state index in [1.807, 2.05) is 7.05 Å². The molecule has 0 aromatic carbocycles. The third-order valence-corrected chi connectivity index (χ3v) is 2.37. The molecule has 1 amide bonds. The molecule has 1 saturated heterocycles. The van der Waals surface area contributed by atoms with Crippen LogP contribution in [0, 0.1) is 0 Å². The van der Waals surface area contributed by atoms with Gasteiger partial charge in [0.05, 0.1) is 12.1 Å². The molecule has 0 radical (unpaired) electrons. The van der Waals surface area contributed by atoms with E-state index in [4.69, 9.17) is 10.5 Å². The molecule has 0 saturated carbocycles. The van der Waals surface area contributed by atoms with Crippen LogP contribution in [-0.4, -0.2) is 31.7 Å². The molecule has 12 heavy (non-hydrogen) atoms. The second-order valence-electron chi connectivity index (χ2n) is 3.33. The van der Waals surface area contributed by atoms with E-state index in [1.165, 1.54) is 0 Å². The molecule has 0 aromatic heterocycles. The lowest BCUT2D eigenvalue weighted by Gasteiger charge is -2.35. The molecule has 70 valence electrons. The summed E-state index contributed by atoms with van der Waals surface area (Å²) < 4.78 is 5.31. The van der Waals surface area contributed by atoms with Gasteiger partial charge >= 0.3 is 0 Å². The van der Waals surface area contributed by atoms with Crippen LogP contribution in [0.15, 0.2) is 0 Å². The van der Waals surface area contributed by atoms with E-state index in [0.29, 0.717) is 13.0 Å². The van der Waals surface area contributed by atoms with Gasteiger partial charge in [0.25, 0.3) is 0 Å². The zero-order valence-corrected chi connectivity index (χ0v) is 7.43. The van der Waals surface area contributed by atoms with Gasteiger partial charge in [-0.15, -0.1) is 0 Å². The van der Waals surface area contributed by atoms with Crippen molar-refractivity contribution in [2.45, 2.75) is 24.8 Å². The monoisotopic (exact) mass is 172 g/mol. The van der Waals surface area contributed by atoms with Gasteiger partial charge in [-0.3, -0.25) is 4.79 Å². The molecule has 4 nitrogen and oxygen atoms in total. The minimum atomic E-state index is -0.269. The summed E-state index contributed by atoms with van der Waals surface area (Å²) in [6, 6.07) is 0. The van der Waals surface area contributed by atoms with Crippen LogP contribution >= 0.6 is 0 Å². The highest BCUT2D eigenvalue weighted by Gasteiger charge is 2.32. The Hall–Kier alpha value is -0.610. The second kappa shape index (κ2) is 3.87. The van der Waals surface area contributed by atoms with Crippen molar-refractivity contribution in [1.82, 2.24) is 5.32 Å². The first-order valence-electron chi connectivity index (χ1n) is 4.23. The Kier molecular flexibility index (Phi) is 3.05. The SMILES string of the molecule is CNC1(CC(N)=O)CCCOC1. The van der Waals surface area contributed by atoms with E-state index in [0.717, 1.165) is 19.4 Å². The minimum absolute atomic E-state index is 0.204. The number of carbonyl (C=O) groups is 1. The summed E-state index contributed by atoms with van der Waals surface area (Å²) in [5.41, 5.74) is 4.95. The average Bonchev–Trinajstić information content (AvgIpc) is 2.05. The van der Waals surface area contributed by atoms with Crippen LogP contribution < -0.4 is 11.1 Å². The number of likely N-dealkylation sites (N-methyl/N-ethyl adjacent to an activating group) is 1. The summed E-state index contributed by atoms with van der Waals surface area (Å²) >= 11 is 0. The van der Waals surface area contributed by atoms with Gasteiger partial charge in [0.2, 0.25) is 5.91 Å². The quantitative estimate of drug-likeness (QED) is 0.610. The summed E-state index contributed by atoms with van der Waals surface area (Å²) in [5.74, 6) is -0.269. The number of hydrogen-bond donors (Lipinski definition) is 2. The molecule has 1 aliphatic rings. The van der Waals surface area contributed by atoms with Gasteiger partial charge in [0.15, 0.2) is 0 Å². The van der Waals surface area contributed by atoms with E-state index in [9.17, 15) is 4.79 Å². The lowest BCUT2D eigenvalue weighted by Crippen LogP contribution is -2.52. The van der Waals surface area contributed by atoms with Gasteiger partial charge < -0.3 is 15.8 Å². The largest absolute Gasteiger partial charge is 0.380 e. The van der Waals surface area contributed by atoms with Crippen LogP contribution in [0.5, 0.6) is 0 Å². The maximum Gasteiger partial charge on any atom is 0.219 e. The van der Waals surface area contributed by atoms with Crippen LogP contribution in [0.25, 0.3) is 0 Å². The molecular weight excluding hydrogens is 156 g/mol. The highest BCUT2D eigenvalue weighted by molar-refractivity contribution is 5.75. The van der Waals surface area contributed by atoms with Crippen LogP contribution in [-0.2, 0) is 9.53 Å². The predicted molar refractivity (Wildman–Crippen MR) is 45.7 cm³/mol. The zero-order chi connectivity index (χ0) is 9.03. The third kappa shape index (κ3) is 2.19. The lowest BCUT2D eigenvalue weighted by atomic mass is 9.89. The van der Waals surface area contributed by atoms with Crippen molar-refractivity contribution < 1.29 is 9.53 Å². The van der Waals surface area contributed by atoms with Gasteiger partial charge in [-0.05, 0) is 19.9 Å². The molecule has 1 atom stereocenters. The van der Waals surface area contributed by atoms with Gasteiger partial charge in [0, 0.05) is 13.0 Å². The first kappa shape index (κ1) is 9.48. The number of rotatable bonds is 3. The summed E-state index contributed by atoms with van der Waals surface area (Å²) in [7, 11) is 1.84. The van der Waals surface area contributed by atoms with Crippen molar-refractivity contribution in [1.29, 1.82) is 0 Å². The molecule has 1 unspecified atom stereocenters. The molecule has 0 aromatic rings. The molecular formula is C8H16N2O2. The van der Waals surface area contributed by atoms with Crippen LogP contribution in [0.4, 0.5) is 0 Å². The minimum Gasteiger partial charge on any atom is -0.380 e. The number of primary amides is 1. The maximum absolute atomic E-state index is 10.8. The predicted octanol–water partition coefficient (Wildman–Crippen LogP) is -0.370. The zero-order valence-electron chi connectivity index (χ0n) is 7.43. The number of ether oxygens (including phenoxy) is 1.